The van der Waals surface area contributed by atoms with Gasteiger partial charge in [0, 0.05) is 36.1 Å². The molecule has 152 valence electrons. The molecular weight excluding hydrogens is 376 g/mol. The lowest BCUT2D eigenvalue weighted by Gasteiger charge is -2.28. The van der Waals surface area contributed by atoms with Gasteiger partial charge in [0.15, 0.2) is 5.13 Å². The second kappa shape index (κ2) is 10.2. The van der Waals surface area contributed by atoms with Gasteiger partial charge in [-0.3, -0.25) is 4.79 Å². The summed E-state index contributed by atoms with van der Waals surface area (Å²) >= 11 is 1.45. The molecule has 1 amide bonds. The minimum Gasteiger partial charge on any atom is -0.478 e. The Morgan fingerprint density at radius 1 is 1.32 bits per heavy atom. The van der Waals surface area contributed by atoms with Crippen molar-refractivity contribution in [1.82, 2.24) is 20.3 Å². The summed E-state index contributed by atoms with van der Waals surface area (Å²) in [5.74, 6) is 1.41. The van der Waals surface area contributed by atoms with E-state index in [1.165, 1.54) is 11.3 Å². The topological polar surface area (TPSA) is 115 Å². The van der Waals surface area contributed by atoms with E-state index in [1.807, 2.05) is 12.3 Å². The van der Waals surface area contributed by atoms with Crippen LogP contribution >= 0.6 is 11.3 Å². The van der Waals surface area contributed by atoms with Crippen LogP contribution in [-0.2, 0) is 11.2 Å². The number of aromatic nitrogens is 3. The minimum atomic E-state index is 0.0867. The quantitative estimate of drug-likeness (QED) is 0.550. The first-order valence-corrected chi connectivity index (χ1v) is 10.7. The Balaban J connectivity index is 1.35. The number of anilines is 2. The Hall–Kier alpha value is -2.42. The van der Waals surface area contributed by atoms with Crippen LogP contribution in [0.4, 0.5) is 11.1 Å². The van der Waals surface area contributed by atoms with Gasteiger partial charge in [0.25, 0.3) is 0 Å². The number of nitrogens with zero attached hydrogens (tertiary/aromatic N) is 3. The predicted octanol–water partition coefficient (Wildman–Crippen LogP) is 2.63. The molecule has 0 saturated heterocycles. The molecule has 3 rings (SSSR count). The number of hydrogen-bond donors (Lipinski definition) is 3. The first-order valence-electron chi connectivity index (χ1n) is 9.84. The number of hydrogen-bond acceptors (Lipinski definition) is 8. The Labute approximate surface area is 169 Å². The van der Waals surface area contributed by atoms with Crippen LogP contribution in [0.2, 0.25) is 0 Å². The van der Waals surface area contributed by atoms with Crippen LogP contribution in [0.3, 0.4) is 0 Å². The van der Waals surface area contributed by atoms with E-state index in [1.54, 1.807) is 12.3 Å². The van der Waals surface area contributed by atoms with Crippen molar-refractivity contribution in [2.24, 2.45) is 5.92 Å². The van der Waals surface area contributed by atoms with Crippen molar-refractivity contribution in [2.75, 3.05) is 24.2 Å². The summed E-state index contributed by atoms with van der Waals surface area (Å²) in [5, 5.41) is 8.99. The SMILES string of the molecule is CCOc1ccnc(NC2CCC(C(=O)NCCCc3csc(N)n3)CC2)n1. The van der Waals surface area contributed by atoms with E-state index in [2.05, 4.69) is 25.6 Å². The fraction of sp³-hybridized carbons (Fsp3) is 0.579. The molecule has 0 aliphatic heterocycles. The maximum Gasteiger partial charge on any atom is 0.226 e. The summed E-state index contributed by atoms with van der Waals surface area (Å²) in [7, 11) is 0. The Kier molecular flexibility index (Phi) is 7.41. The largest absolute Gasteiger partial charge is 0.478 e. The van der Waals surface area contributed by atoms with Crippen LogP contribution in [0.15, 0.2) is 17.6 Å². The zero-order chi connectivity index (χ0) is 19.8. The van der Waals surface area contributed by atoms with Crippen molar-refractivity contribution in [3.8, 4) is 5.88 Å². The summed E-state index contributed by atoms with van der Waals surface area (Å²) < 4.78 is 5.41. The molecule has 8 nitrogen and oxygen atoms in total. The van der Waals surface area contributed by atoms with Gasteiger partial charge in [-0.05, 0) is 45.4 Å². The minimum absolute atomic E-state index is 0.0867. The molecule has 2 aromatic heterocycles. The fourth-order valence-corrected chi connectivity index (χ4v) is 3.98. The number of carbonyl (C=O) groups is 1. The maximum absolute atomic E-state index is 12.4. The van der Waals surface area contributed by atoms with Crippen LogP contribution in [0.1, 0.15) is 44.7 Å². The molecule has 0 radical (unpaired) electrons. The van der Waals surface area contributed by atoms with Crippen molar-refractivity contribution >= 4 is 28.3 Å². The van der Waals surface area contributed by atoms with Crippen molar-refractivity contribution < 1.29 is 9.53 Å². The van der Waals surface area contributed by atoms with Gasteiger partial charge in [-0.15, -0.1) is 11.3 Å². The van der Waals surface area contributed by atoms with Crippen LogP contribution < -0.4 is 21.1 Å². The monoisotopic (exact) mass is 404 g/mol. The molecular formula is C19H28N6O2S. The standard InChI is InChI=1S/C19H28N6O2S/c1-2-27-16-9-11-22-19(25-16)24-14-7-5-13(6-8-14)17(26)21-10-3-4-15-12-28-18(20)23-15/h9,11-14H,2-8,10H2,1H3,(H2,20,23)(H,21,26)(H,22,24,25). The zero-order valence-electron chi connectivity index (χ0n) is 16.2. The van der Waals surface area contributed by atoms with Gasteiger partial charge in [-0.1, -0.05) is 0 Å². The lowest BCUT2D eigenvalue weighted by Crippen LogP contribution is -2.36. The number of thiazole rings is 1. The van der Waals surface area contributed by atoms with E-state index < -0.39 is 0 Å². The Bertz CT molecular complexity index is 760. The number of ether oxygens (including phenoxy) is 1. The fourth-order valence-electron chi connectivity index (χ4n) is 3.39. The third kappa shape index (κ3) is 6.05. The Morgan fingerprint density at radius 3 is 2.86 bits per heavy atom. The highest BCUT2D eigenvalue weighted by Gasteiger charge is 2.26. The molecule has 0 atom stereocenters. The number of carbonyl (C=O) groups excluding carboxylic acids is 1. The van der Waals surface area contributed by atoms with E-state index in [0.717, 1.165) is 44.2 Å². The molecule has 2 heterocycles. The van der Waals surface area contributed by atoms with Crippen LogP contribution in [0.25, 0.3) is 0 Å². The van der Waals surface area contributed by atoms with Crippen molar-refractivity contribution in [2.45, 2.75) is 51.5 Å². The lowest BCUT2D eigenvalue weighted by atomic mass is 9.85. The number of nitrogen functional groups attached to an aromatic ring is 1. The van der Waals surface area contributed by atoms with Crippen LogP contribution in [0, 0.1) is 5.92 Å². The van der Waals surface area contributed by atoms with E-state index in [0.29, 0.717) is 30.1 Å². The highest BCUT2D eigenvalue weighted by molar-refractivity contribution is 7.13. The van der Waals surface area contributed by atoms with Gasteiger partial charge in [0.1, 0.15) is 0 Å². The van der Waals surface area contributed by atoms with E-state index in [4.69, 9.17) is 10.5 Å². The van der Waals surface area contributed by atoms with E-state index in [-0.39, 0.29) is 17.9 Å². The molecule has 0 unspecified atom stereocenters. The van der Waals surface area contributed by atoms with Crippen molar-refractivity contribution in [1.29, 1.82) is 0 Å². The lowest BCUT2D eigenvalue weighted by molar-refractivity contribution is -0.125. The second-order valence-corrected chi connectivity index (χ2v) is 7.81. The highest BCUT2D eigenvalue weighted by atomic mass is 32.1. The molecule has 9 heteroatoms. The van der Waals surface area contributed by atoms with Gasteiger partial charge in [-0.25, -0.2) is 9.97 Å². The van der Waals surface area contributed by atoms with Crippen LogP contribution in [-0.4, -0.2) is 40.1 Å². The third-order valence-corrected chi connectivity index (χ3v) is 5.55. The maximum atomic E-state index is 12.4. The third-order valence-electron chi connectivity index (χ3n) is 4.83. The molecule has 1 aliphatic rings. The number of nitrogens with one attached hydrogen (secondary N) is 2. The molecule has 0 bridgehead atoms. The van der Waals surface area contributed by atoms with Crippen LogP contribution in [0.5, 0.6) is 5.88 Å². The average Bonchev–Trinajstić information content (AvgIpc) is 3.11. The van der Waals surface area contributed by atoms with E-state index >= 15 is 0 Å². The number of amides is 1. The van der Waals surface area contributed by atoms with Gasteiger partial charge in [0.05, 0.1) is 12.3 Å². The summed E-state index contributed by atoms with van der Waals surface area (Å²) in [6, 6.07) is 2.04. The average molecular weight is 405 g/mol. The summed E-state index contributed by atoms with van der Waals surface area (Å²) in [5.41, 5.74) is 6.63. The normalized spacial score (nSPS) is 19.2. The summed E-state index contributed by atoms with van der Waals surface area (Å²) in [6.45, 7) is 3.18. The Morgan fingerprint density at radius 2 is 2.14 bits per heavy atom. The van der Waals surface area contributed by atoms with E-state index in [9.17, 15) is 4.79 Å². The van der Waals surface area contributed by atoms with Gasteiger partial charge in [-0.2, -0.15) is 4.98 Å². The predicted molar refractivity (Wildman–Crippen MR) is 110 cm³/mol. The molecule has 1 fully saturated rings. The smallest absolute Gasteiger partial charge is 0.226 e. The zero-order valence-corrected chi connectivity index (χ0v) is 17.0. The number of rotatable bonds is 9. The summed E-state index contributed by atoms with van der Waals surface area (Å²) in [4.78, 5) is 25.2. The molecule has 28 heavy (non-hydrogen) atoms. The molecule has 0 spiro atoms. The van der Waals surface area contributed by atoms with Gasteiger partial charge < -0.3 is 21.1 Å². The van der Waals surface area contributed by atoms with Crippen molar-refractivity contribution in [3.63, 3.8) is 0 Å². The number of nitrogens with two attached hydrogens (primary N) is 1. The molecule has 2 aromatic rings. The van der Waals surface area contributed by atoms with Gasteiger partial charge >= 0.3 is 0 Å². The van der Waals surface area contributed by atoms with Gasteiger partial charge in [0.2, 0.25) is 17.7 Å². The first-order chi connectivity index (χ1) is 13.6. The molecule has 0 aromatic carbocycles. The first kappa shape index (κ1) is 20.3. The molecule has 1 saturated carbocycles. The summed E-state index contributed by atoms with van der Waals surface area (Å²) in [6.07, 6.45) is 7.01. The second-order valence-electron chi connectivity index (χ2n) is 6.92. The highest BCUT2D eigenvalue weighted by Crippen LogP contribution is 2.26. The molecule has 1 aliphatic carbocycles. The molecule has 4 N–H and O–H groups in total. The number of aryl methyl sites for hydroxylation is 1. The van der Waals surface area contributed by atoms with Crippen molar-refractivity contribution in [3.05, 3.63) is 23.3 Å².